The molecule has 7 heteroatoms. The van der Waals surface area contributed by atoms with Crippen molar-refractivity contribution in [2.24, 2.45) is 0 Å². The Balaban J connectivity index is 1.33. The van der Waals surface area contributed by atoms with Gasteiger partial charge in [0, 0.05) is 24.2 Å². The largest absolute Gasteiger partial charge is 0.491 e. The predicted octanol–water partition coefficient (Wildman–Crippen LogP) is 2.98. The summed E-state index contributed by atoms with van der Waals surface area (Å²) in [5.74, 6) is 0.377. The Morgan fingerprint density at radius 2 is 1.80 bits per heavy atom. The van der Waals surface area contributed by atoms with Crippen molar-refractivity contribution in [2.45, 2.75) is 6.42 Å². The molecule has 2 heterocycles. The number of pyridine rings is 1. The number of carbonyl (C=O) groups excluding carboxylic acids is 1. The molecule has 0 saturated heterocycles. The number of rotatable bonds is 7. The molecule has 0 fully saturated rings. The Hall–Kier alpha value is -4.00. The van der Waals surface area contributed by atoms with Crippen LogP contribution in [0.5, 0.6) is 5.75 Å². The topological polar surface area (TPSA) is 86.1 Å². The van der Waals surface area contributed by atoms with Gasteiger partial charge in [0.2, 0.25) is 0 Å². The summed E-state index contributed by atoms with van der Waals surface area (Å²) in [6.07, 6.45) is 2.35. The van der Waals surface area contributed by atoms with E-state index >= 15 is 0 Å². The molecule has 4 aromatic rings. The number of nitrogens with one attached hydrogen (secondary N) is 1. The average molecular weight is 400 g/mol. The molecule has 0 radical (unpaired) electrons. The van der Waals surface area contributed by atoms with Crippen LogP contribution in [0.1, 0.15) is 16.9 Å². The Labute approximate surface area is 173 Å². The molecule has 30 heavy (non-hydrogen) atoms. The highest BCUT2D eigenvalue weighted by Crippen LogP contribution is 2.22. The van der Waals surface area contributed by atoms with Gasteiger partial charge in [0.1, 0.15) is 17.0 Å². The molecule has 1 N–H and O–H groups in total. The molecule has 0 aliphatic heterocycles. The minimum absolute atomic E-state index is 0.178. The van der Waals surface area contributed by atoms with Crippen LogP contribution < -0.4 is 15.6 Å². The Morgan fingerprint density at radius 1 is 0.967 bits per heavy atom. The van der Waals surface area contributed by atoms with Crippen LogP contribution in [0.15, 0.2) is 83.8 Å². The molecule has 0 aliphatic rings. The molecule has 7 nitrogen and oxygen atoms in total. The lowest BCUT2D eigenvalue weighted by Gasteiger charge is -2.10. The van der Waals surface area contributed by atoms with Crippen LogP contribution in [-0.2, 0) is 0 Å². The quantitative estimate of drug-likeness (QED) is 0.482. The van der Waals surface area contributed by atoms with Crippen molar-refractivity contribution in [3.05, 3.63) is 95.0 Å². The van der Waals surface area contributed by atoms with Gasteiger partial charge in [-0.05, 0) is 36.8 Å². The Morgan fingerprint density at radius 3 is 2.67 bits per heavy atom. The maximum atomic E-state index is 12.4. The lowest BCUT2D eigenvalue weighted by atomic mass is 10.2. The number of aromatic nitrogens is 3. The van der Waals surface area contributed by atoms with Gasteiger partial charge in [0.05, 0.1) is 12.3 Å². The zero-order valence-electron chi connectivity index (χ0n) is 16.2. The van der Waals surface area contributed by atoms with E-state index in [1.54, 1.807) is 18.3 Å². The molecular weight excluding hydrogens is 380 g/mol. The van der Waals surface area contributed by atoms with Gasteiger partial charge < -0.3 is 10.1 Å². The lowest BCUT2D eigenvalue weighted by Crippen LogP contribution is -2.30. The number of hydrogen-bond acceptors (Lipinski definition) is 5. The van der Waals surface area contributed by atoms with Crippen molar-refractivity contribution in [1.29, 1.82) is 0 Å². The second-order valence-electron chi connectivity index (χ2n) is 6.59. The molecular formula is C23H20N4O3. The Bertz CT molecular complexity index is 1220. The fourth-order valence-electron chi connectivity index (χ4n) is 3.03. The zero-order chi connectivity index (χ0) is 20.8. The Kier molecular flexibility index (Phi) is 5.80. The smallest absolute Gasteiger partial charge is 0.271 e. The fourth-order valence-corrected chi connectivity index (χ4v) is 3.03. The van der Waals surface area contributed by atoms with Crippen LogP contribution in [0.2, 0.25) is 0 Å². The minimum atomic E-state index is -0.341. The number of ether oxygens (including phenoxy) is 1. The fraction of sp³-hybridized carbons (Fsp3) is 0.130. The molecule has 150 valence electrons. The molecule has 0 aliphatic carbocycles. The standard InChI is InChI=1S/C23H20N4O3/c28-21-13-12-19(26-27(21)18-9-2-1-3-10-18)23(29)25-15-6-16-30-20-11-4-7-17-8-5-14-24-22(17)20/h1-5,7-14H,6,15-16H2,(H,25,29). The van der Waals surface area contributed by atoms with Crippen LogP contribution >= 0.6 is 0 Å². The van der Waals surface area contributed by atoms with Gasteiger partial charge in [-0.3, -0.25) is 14.6 Å². The van der Waals surface area contributed by atoms with E-state index in [9.17, 15) is 9.59 Å². The maximum Gasteiger partial charge on any atom is 0.271 e. The molecule has 1 amide bonds. The molecule has 0 bridgehead atoms. The van der Waals surface area contributed by atoms with Gasteiger partial charge in [0.15, 0.2) is 0 Å². The van der Waals surface area contributed by atoms with E-state index in [4.69, 9.17) is 4.74 Å². The third kappa shape index (κ3) is 4.35. The normalized spacial score (nSPS) is 10.7. The van der Waals surface area contributed by atoms with Crippen molar-refractivity contribution in [3.8, 4) is 11.4 Å². The van der Waals surface area contributed by atoms with Crippen molar-refractivity contribution < 1.29 is 9.53 Å². The van der Waals surface area contributed by atoms with E-state index in [2.05, 4.69) is 15.4 Å². The number of nitrogens with zero attached hydrogens (tertiary/aromatic N) is 3. The number of benzene rings is 2. The summed E-state index contributed by atoms with van der Waals surface area (Å²) in [4.78, 5) is 28.8. The monoisotopic (exact) mass is 400 g/mol. The van der Waals surface area contributed by atoms with Gasteiger partial charge in [-0.25, -0.2) is 0 Å². The zero-order valence-corrected chi connectivity index (χ0v) is 16.2. The SMILES string of the molecule is O=C(NCCCOc1cccc2cccnc12)c1ccc(=O)n(-c2ccccc2)n1. The van der Waals surface area contributed by atoms with Gasteiger partial charge in [0.25, 0.3) is 11.5 Å². The van der Waals surface area contributed by atoms with Gasteiger partial charge in [-0.1, -0.05) is 36.4 Å². The first-order chi connectivity index (χ1) is 14.7. The summed E-state index contributed by atoms with van der Waals surface area (Å²) >= 11 is 0. The number of para-hydroxylation sites is 2. The number of hydrogen-bond donors (Lipinski definition) is 1. The van der Waals surface area contributed by atoms with Gasteiger partial charge in [-0.2, -0.15) is 9.78 Å². The van der Waals surface area contributed by atoms with Gasteiger partial charge in [-0.15, -0.1) is 0 Å². The third-order valence-corrected chi connectivity index (χ3v) is 4.49. The van der Waals surface area contributed by atoms with Crippen molar-refractivity contribution in [3.63, 3.8) is 0 Å². The first-order valence-corrected chi connectivity index (χ1v) is 9.63. The van der Waals surface area contributed by atoms with E-state index in [-0.39, 0.29) is 17.2 Å². The van der Waals surface area contributed by atoms with Crippen LogP contribution in [0, 0.1) is 0 Å². The first kappa shape index (κ1) is 19.3. The first-order valence-electron chi connectivity index (χ1n) is 9.63. The summed E-state index contributed by atoms with van der Waals surface area (Å²) in [7, 11) is 0. The predicted molar refractivity (Wildman–Crippen MR) is 114 cm³/mol. The average Bonchev–Trinajstić information content (AvgIpc) is 2.79. The van der Waals surface area contributed by atoms with Crippen LogP contribution in [0.3, 0.4) is 0 Å². The molecule has 0 saturated carbocycles. The summed E-state index contributed by atoms with van der Waals surface area (Å²) in [5.41, 5.74) is 1.30. The summed E-state index contributed by atoms with van der Waals surface area (Å²) in [6.45, 7) is 0.857. The van der Waals surface area contributed by atoms with Crippen molar-refractivity contribution in [1.82, 2.24) is 20.1 Å². The number of amides is 1. The van der Waals surface area contributed by atoms with E-state index in [1.807, 2.05) is 48.5 Å². The third-order valence-electron chi connectivity index (χ3n) is 4.49. The van der Waals surface area contributed by atoms with Crippen LogP contribution in [-0.4, -0.2) is 33.8 Å². The van der Waals surface area contributed by atoms with E-state index in [1.165, 1.54) is 16.8 Å². The second kappa shape index (κ2) is 9.00. The second-order valence-corrected chi connectivity index (χ2v) is 6.59. The summed E-state index contributed by atoms with van der Waals surface area (Å²) in [6, 6.07) is 21.4. The molecule has 0 spiro atoms. The maximum absolute atomic E-state index is 12.4. The summed E-state index contributed by atoms with van der Waals surface area (Å²) < 4.78 is 7.04. The van der Waals surface area contributed by atoms with Crippen molar-refractivity contribution in [2.75, 3.05) is 13.2 Å². The summed E-state index contributed by atoms with van der Waals surface area (Å²) in [5, 5.41) is 8.00. The lowest BCUT2D eigenvalue weighted by molar-refractivity contribution is 0.0945. The molecule has 0 unspecified atom stereocenters. The highest BCUT2D eigenvalue weighted by molar-refractivity contribution is 5.92. The van der Waals surface area contributed by atoms with E-state index in [0.29, 0.717) is 25.3 Å². The van der Waals surface area contributed by atoms with Crippen LogP contribution in [0.25, 0.3) is 16.6 Å². The van der Waals surface area contributed by atoms with E-state index in [0.717, 1.165) is 16.7 Å². The van der Waals surface area contributed by atoms with Crippen molar-refractivity contribution >= 4 is 16.8 Å². The highest BCUT2D eigenvalue weighted by Gasteiger charge is 2.10. The van der Waals surface area contributed by atoms with Gasteiger partial charge >= 0.3 is 0 Å². The minimum Gasteiger partial charge on any atom is -0.491 e. The van der Waals surface area contributed by atoms with E-state index < -0.39 is 0 Å². The molecule has 2 aromatic heterocycles. The number of fused-ring (bicyclic) bond motifs is 1. The molecule has 2 aromatic carbocycles. The molecule has 4 rings (SSSR count). The number of carbonyl (C=O) groups is 1. The van der Waals surface area contributed by atoms with Crippen LogP contribution in [0.4, 0.5) is 0 Å². The highest BCUT2D eigenvalue weighted by atomic mass is 16.5. The molecule has 0 atom stereocenters.